The maximum atomic E-state index is 13.0. The highest BCUT2D eigenvalue weighted by molar-refractivity contribution is 5.87. The predicted molar refractivity (Wildman–Crippen MR) is 106 cm³/mol. The van der Waals surface area contributed by atoms with Crippen LogP contribution in [0.15, 0.2) is 28.8 Å². The van der Waals surface area contributed by atoms with E-state index in [1.165, 1.54) is 32.1 Å². The zero-order valence-electron chi connectivity index (χ0n) is 16.5. The quantitative estimate of drug-likeness (QED) is 0.853. The largest absolute Gasteiger partial charge is 0.481 e. The highest BCUT2D eigenvalue weighted by Gasteiger charge is 2.59. The third-order valence-electron chi connectivity index (χ3n) is 7.28. The van der Waals surface area contributed by atoms with Crippen molar-refractivity contribution in [3.63, 3.8) is 0 Å². The number of hydrogen-bond acceptors (Lipinski definition) is 5. The number of nitrogens with zero attached hydrogens (tertiary/aromatic N) is 3. The molecule has 0 bridgehead atoms. The molecular weight excluding hydrogens is 370 g/mol. The van der Waals surface area contributed by atoms with Crippen LogP contribution >= 0.6 is 0 Å². The number of aromatic nitrogens is 1. The first-order valence-electron chi connectivity index (χ1n) is 10.7. The summed E-state index contributed by atoms with van der Waals surface area (Å²) in [6.45, 7) is 2.16. The molecule has 7 nitrogen and oxygen atoms in total. The fourth-order valence-corrected chi connectivity index (χ4v) is 5.64. The van der Waals surface area contributed by atoms with Crippen molar-refractivity contribution < 1.29 is 19.2 Å². The summed E-state index contributed by atoms with van der Waals surface area (Å²) in [5.74, 6) is -0.828. The average molecular weight is 397 g/mol. The fraction of sp³-hybridized carbons (Fsp3) is 0.591. The second-order valence-corrected chi connectivity index (χ2v) is 8.96. The molecule has 1 N–H and O–H groups in total. The number of fused-ring (bicyclic) bond motifs is 2. The number of likely N-dealkylation sites (tertiary alicyclic amines) is 2. The molecule has 2 aromatic rings. The molecule has 1 aromatic carbocycles. The number of aliphatic carboxylic acids is 1. The van der Waals surface area contributed by atoms with Gasteiger partial charge in [0.05, 0.1) is 6.42 Å². The lowest BCUT2D eigenvalue weighted by atomic mass is 9.81. The van der Waals surface area contributed by atoms with Gasteiger partial charge in [0.15, 0.2) is 5.58 Å². The Labute approximate surface area is 169 Å². The predicted octanol–water partition coefficient (Wildman–Crippen LogP) is 2.55. The topological polar surface area (TPSA) is 86.9 Å². The molecule has 5 rings (SSSR count). The van der Waals surface area contributed by atoms with E-state index in [-0.39, 0.29) is 18.2 Å². The second-order valence-electron chi connectivity index (χ2n) is 8.96. The van der Waals surface area contributed by atoms with Gasteiger partial charge in [0.25, 0.3) is 0 Å². The van der Waals surface area contributed by atoms with Gasteiger partial charge < -0.3 is 14.5 Å². The minimum atomic E-state index is -0.834. The Kier molecular flexibility index (Phi) is 4.57. The van der Waals surface area contributed by atoms with Crippen molar-refractivity contribution in [3.8, 4) is 0 Å². The molecule has 0 unspecified atom stereocenters. The molecule has 3 heterocycles. The fourth-order valence-electron chi connectivity index (χ4n) is 5.64. The summed E-state index contributed by atoms with van der Waals surface area (Å²) in [6.07, 6.45) is 6.25. The molecule has 2 saturated heterocycles. The first-order valence-corrected chi connectivity index (χ1v) is 10.7. The smallest absolute Gasteiger partial charge is 0.313 e. The molecule has 3 aliphatic rings. The molecular formula is C22H27N3O4. The minimum Gasteiger partial charge on any atom is -0.481 e. The van der Waals surface area contributed by atoms with E-state index in [1.54, 1.807) is 4.90 Å². The van der Waals surface area contributed by atoms with Gasteiger partial charge in [-0.1, -0.05) is 36.6 Å². The molecule has 1 aliphatic carbocycles. The van der Waals surface area contributed by atoms with Crippen molar-refractivity contribution in [1.82, 2.24) is 15.0 Å². The lowest BCUT2D eigenvalue weighted by Gasteiger charge is -2.33. The van der Waals surface area contributed by atoms with Crippen LogP contribution in [0.5, 0.6) is 0 Å². The summed E-state index contributed by atoms with van der Waals surface area (Å²) in [7, 11) is 0. The van der Waals surface area contributed by atoms with Crippen LogP contribution < -0.4 is 0 Å². The van der Waals surface area contributed by atoms with Gasteiger partial charge in [0.2, 0.25) is 5.91 Å². The van der Waals surface area contributed by atoms with Crippen LogP contribution in [-0.4, -0.2) is 64.2 Å². The third kappa shape index (κ3) is 3.12. The molecule has 2 aliphatic heterocycles. The number of carboxylic acids is 1. The minimum absolute atomic E-state index is 0.0000652. The van der Waals surface area contributed by atoms with Crippen molar-refractivity contribution in [2.45, 2.75) is 44.6 Å². The van der Waals surface area contributed by atoms with Crippen LogP contribution in [0.3, 0.4) is 0 Å². The molecule has 1 aromatic heterocycles. The van der Waals surface area contributed by atoms with Crippen LogP contribution in [0.25, 0.3) is 11.0 Å². The van der Waals surface area contributed by atoms with E-state index >= 15 is 0 Å². The van der Waals surface area contributed by atoms with Crippen molar-refractivity contribution in [3.05, 3.63) is 30.0 Å². The first kappa shape index (κ1) is 18.6. The Hall–Kier alpha value is -2.41. The van der Waals surface area contributed by atoms with E-state index in [0.717, 1.165) is 11.9 Å². The summed E-state index contributed by atoms with van der Waals surface area (Å²) < 4.78 is 5.30. The molecule has 154 valence electrons. The Balaban J connectivity index is 1.30. The second kappa shape index (κ2) is 7.13. The number of carboxylic acid groups (broad SMARTS) is 1. The van der Waals surface area contributed by atoms with E-state index in [0.29, 0.717) is 37.0 Å². The SMILES string of the molecule is O=C(Cc1noc2ccccc12)N1C[C@H]2CN(C3CCCCC3)C[C@@]2(C(=O)O)C1. The Morgan fingerprint density at radius 2 is 1.93 bits per heavy atom. The standard InChI is InChI=1S/C22H27N3O4/c26-20(10-18-17-8-4-5-9-19(17)29-23-18)25-12-15-11-24(16-6-2-1-3-7-16)13-22(15,14-25)21(27)28/h4-5,8-9,15-16H,1-3,6-7,10-14H2,(H,27,28)/t15-,22-/m1/s1. The van der Waals surface area contributed by atoms with E-state index in [9.17, 15) is 14.7 Å². The van der Waals surface area contributed by atoms with E-state index < -0.39 is 11.4 Å². The summed E-state index contributed by atoms with van der Waals surface area (Å²) in [4.78, 5) is 29.4. The maximum Gasteiger partial charge on any atom is 0.313 e. The van der Waals surface area contributed by atoms with Crippen LogP contribution in [0.2, 0.25) is 0 Å². The van der Waals surface area contributed by atoms with Crippen molar-refractivity contribution in [1.29, 1.82) is 0 Å². The lowest BCUT2D eigenvalue weighted by Crippen LogP contribution is -2.44. The molecule has 1 saturated carbocycles. The number of amides is 1. The van der Waals surface area contributed by atoms with Crippen molar-refractivity contribution >= 4 is 22.8 Å². The van der Waals surface area contributed by atoms with Crippen molar-refractivity contribution in [2.24, 2.45) is 11.3 Å². The summed E-state index contributed by atoms with van der Waals surface area (Å²) in [6, 6.07) is 8.00. The molecule has 0 radical (unpaired) electrons. The number of benzene rings is 1. The van der Waals surface area contributed by atoms with E-state index in [2.05, 4.69) is 10.1 Å². The van der Waals surface area contributed by atoms with Gasteiger partial charge >= 0.3 is 5.97 Å². The van der Waals surface area contributed by atoms with Gasteiger partial charge in [0, 0.05) is 43.5 Å². The van der Waals surface area contributed by atoms with Gasteiger partial charge in [-0.2, -0.15) is 0 Å². The molecule has 0 spiro atoms. The van der Waals surface area contributed by atoms with E-state index in [1.807, 2.05) is 24.3 Å². The summed E-state index contributed by atoms with van der Waals surface area (Å²) in [5, 5.41) is 15.0. The third-order valence-corrected chi connectivity index (χ3v) is 7.28. The lowest BCUT2D eigenvalue weighted by molar-refractivity contribution is -0.149. The number of rotatable bonds is 4. The Bertz CT molecular complexity index is 935. The van der Waals surface area contributed by atoms with Gasteiger partial charge in [-0.15, -0.1) is 0 Å². The monoisotopic (exact) mass is 397 g/mol. The molecule has 29 heavy (non-hydrogen) atoms. The number of hydrogen-bond donors (Lipinski definition) is 1. The summed E-state index contributed by atoms with van der Waals surface area (Å²) >= 11 is 0. The summed E-state index contributed by atoms with van der Waals surface area (Å²) in [5.41, 5.74) is 0.452. The molecule has 3 fully saturated rings. The first-order chi connectivity index (χ1) is 14.1. The van der Waals surface area contributed by atoms with Crippen LogP contribution in [-0.2, 0) is 16.0 Å². The van der Waals surface area contributed by atoms with Gasteiger partial charge in [0.1, 0.15) is 11.1 Å². The van der Waals surface area contributed by atoms with Gasteiger partial charge in [-0.3, -0.25) is 14.5 Å². The normalized spacial score (nSPS) is 28.1. The highest BCUT2D eigenvalue weighted by Crippen LogP contribution is 2.45. The number of carbonyl (C=O) groups excluding carboxylic acids is 1. The van der Waals surface area contributed by atoms with Gasteiger partial charge in [-0.05, 0) is 25.0 Å². The zero-order chi connectivity index (χ0) is 20.0. The highest BCUT2D eigenvalue weighted by atomic mass is 16.5. The van der Waals surface area contributed by atoms with E-state index in [4.69, 9.17) is 4.52 Å². The molecule has 1 amide bonds. The molecule has 2 atom stereocenters. The van der Waals surface area contributed by atoms with Crippen molar-refractivity contribution in [2.75, 3.05) is 26.2 Å². The average Bonchev–Trinajstić information content (AvgIpc) is 3.40. The molecule has 7 heteroatoms. The van der Waals surface area contributed by atoms with Crippen LogP contribution in [0.1, 0.15) is 37.8 Å². The maximum absolute atomic E-state index is 13.0. The van der Waals surface area contributed by atoms with Crippen LogP contribution in [0, 0.1) is 11.3 Å². The van der Waals surface area contributed by atoms with Crippen LogP contribution in [0.4, 0.5) is 0 Å². The Morgan fingerprint density at radius 1 is 1.14 bits per heavy atom. The number of para-hydroxylation sites is 1. The number of carbonyl (C=O) groups is 2. The zero-order valence-corrected chi connectivity index (χ0v) is 16.5. The van der Waals surface area contributed by atoms with Gasteiger partial charge in [-0.25, -0.2) is 0 Å². The Morgan fingerprint density at radius 3 is 2.69 bits per heavy atom.